The molecule has 1 aromatic rings. The van der Waals surface area contributed by atoms with Gasteiger partial charge in [-0.2, -0.15) is 0 Å². The third-order valence-electron chi connectivity index (χ3n) is 4.68. The Kier molecular flexibility index (Phi) is 5.35. The summed E-state index contributed by atoms with van der Waals surface area (Å²) in [5.74, 6) is 0.431. The molecule has 2 unspecified atom stereocenters. The summed E-state index contributed by atoms with van der Waals surface area (Å²) in [6.45, 7) is 2.26. The number of nitrogens with zero attached hydrogens (tertiary/aromatic N) is 1. The van der Waals surface area contributed by atoms with E-state index >= 15 is 0 Å². The molecule has 0 radical (unpaired) electrons. The van der Waals surface area contributed by atoms with Gasteiger partial charge >= 0.3 is 0 Å². The van der Waals surface area contributed by atoms with Crippen molar-refractivity contribution in [2.45, 2.75) is 31.9 Å². The van der Waals surface area contributed by atoms with Gasteiger partial charge in [0.25, 0.3) is 0 Å². The van der Waals surface area contributed by atoms with Crippen molar-refractivity contribution in [1.82, 2.24) is 10.2 Å². The fourth-order valence-electron chi connectivity index (χ4n) is 3.33. The van der Waals surface area contributed by atoms with Gasteiger partial charge in [-0.15, -0.1) is 0 Å². The van der Waals surface area contributed by atoms with Crippen molar-refractivity contribution >= 4 is 11.8 Å². The number of rotatable bonds is 6. The highest BCUT2D eigenvalue weighted by Crippen LogP contribution is 2.22. The van der Waals surface area contributed by atoms with E-state index in [2.05, 4.69) is 5.32 Å². The molecule has 2 saturated heterocycles. The Morgan fingerprint density at radius 1 is 1.42 bits per heavy atom. The largest absolute Gasteiger partial charge is 0.496 e. The minimum atomic E-state index is -0.284. The van der Waals surface area contributed by atoms with E-state index in [9.17, 15) is 9.59 Å². The zero-order valence-corrected chi connectivity index (χ0v) is 14.0. The second kappa shape index (κ2) is 7.66. The first-order valence-electron chi connectivity index (χ1n) is 8.46. The first kappa shape index (κ1) is 16.8. The van der Waals surface area contributed by atoms with Gasteiger partial charge in [-0.25, -0.2) is 0 Å². The number of amides is 2. The van der Waals surface area contributed by atoms with Gasteiger partial charge in [-0.05, 0) is 18.9 Å². The van der Waals surface area contributed by atoms with Crippen molar-refractivity contribution in [3.05, 3.63) is 29.8 Å². The van der Waals surface area contributed by atoms with Crippen molar-refractivity contribution in [3.63, 3.8) is 0 Å². The Balaban J connectivity index is 1.51. The molecule has 130 valence electrons. The summed E-state index contributed by atoms with van der Waals surface area (Å²) in [5, 5.41) is 2.92. The Hall–Kier alpha value is -2.08. The second-order valence-electron chi connectivity index (χ2n) is 6.36. The number of carbonyl (C=O) groups excluding carboxylic acids is 2. The van der Waals surface area contributed by atoms with Gasteiger partial charge in [-0.3, -0.25) is 9.59 Å². The third-order valence-corrected chi connectivity index (χ3v) is 4.68. The quantitative estimate of drug-likeness (QED) is 0.854. The minimum Gasteiger partial charge on any atom is -0.496 e. The van der Waals surface area contributed by atoms with Crippen LogP contribution in [0.15, 0.2) is 24.3 Å². The van der Waals surface area contributed by atoms with E-state index in [4.69, 9.17) is 9.47 Å². The lowest BCUT2D eigenvalue weighted by Crippen LogP contribution is -2.35. The predicted molar refractivity (Wildman–Crippen MR) is 88.5 cm³/mol. The second-order valence-corrected chi connectivity index (χ2v) is 6.36. The lowest BCUT2D eigenvalue weighted by Gasteiger charge is -2.20. The molecule has 6 nitrogen and oxygen atoms in total. The van der Waals surface area contributed by atoms with Gasteiger partial charge < -0.3 is 19.7 Å². The van der Waals surface area contributed by atoms with Gasteiger partial charge in [0.15, 0.2) is 0 Å². The third kappa shape index (κ3) is 3.87. The van der Waals surface area contributed by atoms with Crippen LogP contribution in [-0.2, 0) is 20.9 Å². The van der Waals surface area contributed by atoms with Crippen LogP contribution in [0.3, 0.4) is 0 Å². The predicted octanol–water partition coefficient (Wildman–Crippen LogP) is 1.34. The molecule has 2 heterocycles. The number of carbonyl (C=O) groups is 2. The van der Waals surface area contributed by atoms with Crippen molar-refractivity contribution in [3.8, 4) is 5.75 Å². The summed E-state index contributed by atoms with van der Waals surface area (Å²) in [6.07, 6.45) is 2.46. The van der Waals surface area contributed by atoms with Crippen LogP contribution in [0.25, 0.3) is 0 Å². The molecule has 2 atom stereocenters. The Labute approximate surface area is 142 Å². The van der Waals surface area contributed by atoms with Crippen LogP contribution in [0, 0.1) is 5.92 Å². The summed E-state index contributed by atoms with van der Waals surface area (Å²) < 4.78 is 10.9. The lowest BCUT2D eigenvalue weighted by molar-refractivity contribution is -0.129. The highest BCUT2D eigenvalue weighted by molar-refractivity contribution is 5.89. The molecule has 6 heteroatoms. The molecule has 0 saturated carbocycles. The Morgan fingerprint density at radius 3 is 3.00 bits per heavy atom. The molecule has 1 aromatic carbocycles. The van der Waals surface area contributed by atoms with Gasteiger partial charge in [0.05, 0.1) is 19.1 Å². The fraction of sp³-hybridized carbons (Fsp3) is 0.556. The molecule has 1 N–H and O–H groups in total. The average Bonchev–Trinajstić information content (AvgIpc) is 3.23. The van der Waals surface area contributed by atoms with E-state index in [1.165, 1.54) is 0 Å². The molecule has 2 aliphatic rings. The molecular formula is C18H24N2O4. The average molecular weight is 332 g/mol. The van der Waals surface area contributed by atoms with E-state index in [-0.39, 0.29) is 30.3 Å². The molecule has 2 amide bonds. The Morgan fingerprint density at radius 2 is 2.25 bits per heavy atom. The van der Waals surface area contributed by atoms with Gasteiger partial charge in [0.1, 0.15) is 5.75 Å². The van der Waals surface area contributed by atoms with Gasteiger partial charge in [0.2, 0.25) is 11.8 Å². The number of ether oxygens (including phenoxy) is 2. The molecule has 0 aromatic heterocycles. The first-order valence-corrected chi connectivity index (χ1v) is 8.46. The van der Waals surface area contributed by atoms with E-state index in [1.807, 2.05) is 24.3 Å². The molecule has 3 rings (SSSR count). The van der Waals surface area contributed by atoms with E-state index in [1.54, 1.807) is 12.0 Å². The molecule has 2 aliphatic heterocycles. The summed E-state index contributed by atoms with van der Waals surface area (Å²) in [4.78, 5) is 26.3. The van der Waals surface area contributed by atoms with Crippen LogP contribution < -0.4 is 10.1 Å². The molecule has 24 heavy (non-hydrogen) atoms. The van der Waals surface area contributed by atoms with Crippen molar-refractivity contribution in [1.29, 1.82) is 0 Å². The van der Waals surface area contributed by atoms with E-state index in [0.717, 1.165) is 30.8 Å². The molecule has 0 spiro atoms. The zero-order chi connectivity index (χ0) is 16.9. The first-order chi connectivity index (χ1) is 11.7. The maximum absolute atomic E-state index is 12.4. The molecule has 0 bridgehead atoms. The van der Waals surface area contributed by atoms with Crippen LogP contribution in [0.5, 0.6) is 5.75 Å². The number of nitrogens with one attached hydrogen (secondary N) is 1. The zero-order valence-electron chi connectivity index (χ0n) is 14.0. The summed E-state index contributed by atoms with van der Waals surface area (Å²) in [6, 6.07) is 7.59. The van der Waals surface area contributed by atoms with Crippen molar-refractivity contribution in [2.75, 3.05) is 26.8 Å². The summed E-state index contributed by atoms with van der Waals surface area (Å²) in [5.41, 5.74) is 0.925. The maximum Gasteiger partial charge on any atom is 0.225 e. The van der Waals surface area contributed by atoms with Crippen LogP contribution in [-0.4, -0.2) is 49.6 Å². The number of benzene rings is 1. The SMILES string of the molecule is COc1ccccc1CNC(=O)C1CC(=O)N(CC2CCCO2)C1. The van der Waals surface area contributed by atoms with Crippen molar-refractivity contribution < 1.29 is 19.1 Å². The van der Waals surface area contributed by atoms with Gasteiger partial charge in [0, 0.05) is 38.2 Å². The maximum atomic E-state index is 12.4. The number of hydrogen-bond donors (Lipinski definition) is 1. The minimum absolute atomic E-state index is 0.0444. The molecular weight excluding hydrogens is 308 g/mol. The number of methoxy groups -OCH3 is 1. The van der Waals surface area contributed by atoms with E-state index < -0.39 is 0 Å². The van der Waals surface area contributed by atoms with Gasteiger partial charge in [-0.1, -0.05) is 18.2 Å². The van der Waals surface area contributed by atoms with Crippen LogP contribution >= 0.6 is 0 Å². The monoisotopic (exact) mass is 332 g/mol. The van der Waals surface area contributed by atoms with Crippen LogP contribution in [0.4, 0.5) is 0 Å². The standard InChI is InChI=1S/C18H24N2O4/c1-23-16-7-3-2-5-13(16)10-19-18(22)14-9-17(21)20(11-14)12-15-6-4-8-24-15/h2-3,5,7,14-15H,4,6,8-12H2,1H3,(H,19,22). The van der Waals surface area contributed by atoms with Crippen molar-refractivity contribution in [2.24, 2.45) is 5.92 Å². The highest BCUT2D eigenvalue weighted by atomic mass is 16.5. The topological polar surface area (TPSA) is 67.9 Å². The summed E-state index contributed by atoms with van der Waals surface area (Å²) in [7, 11) is 1.61. The number of hydrogen-bond acceptors (Lipinski definition) is 4. The smallest absolute Gasteiger partial charge is 0.225 e. The van der Waals surface area contributed by atoms with Crippen LogP contribution in [0.1, 0.15) is 24.8 Å². The normalized spacial score (nSPS) is 23.5. The summed E-state index contributed by atoms with van der Waals surface area (Å²) >= 11 is 0. The fourth-order valence-corrected chi connectivity index (χ4v) is 3.33. The Bertz CT molecular complexity index is 598. The molecule has 0 aliphatic carbocycles. The van der Waals surface area contributed by atoms with E-state index in [0.29, 0.717) is 19.6 Å². The number of para-hydroxylation sites is 1. The highest BCUT2D eigenvalue weighted by Gasteiger charge is 2.35. The van der Waals surface area contributed by atoms with Crippen LogP contribution in [0.2, 0.25) is 0 Å². The lowest BCUT2D eigenvalue weighted by atomic mass is 10.1. The number of likely N-dealkylation sites (tertiary alicyclic amines) is 1. The molecule has 2 fully saturated rings.